The van der Waals surface area contributed by atoms with E-state index in [0.717, 1.165) is 17.0 Å². The topological polar surface area (TPSA) is 33.1 Å². The molecule has 12 heavy (non-hydrogen) atoms. The molecule has 0 aliphatic heterocycles. The van der Waals surface area contributed by atoms with E-state index < -0.39 is 0 Å². The zero-order valence-corrected chi connectivity index (χ0v) is 8.14. The first kappa shape index (κ1) is 9.55. The number of aliphatic hydroxyl groups excluding tert-OH is 1. The van der Waals surface area contributed by atoms with Gasteiger partial charge >= 0.3 is 0 Å². The van der Waals surface area contributed by atoms with Crippen molar-refractivity contribution in [3.8, 4) is 0 Å². The van der Waals surface area contributed by atoms with Gasteiger partial charge in [0.1, 0.15) is 0 Å². The zero-order valence-electron chi connectivity index (χ0n) is 7.32. The summed E-state index contributed by atoms with van der Waals surface area (Å²) in [5.41, 5.74) is 1.88. The standard InChI is InChI=1S/C9H13NOS/c1-7-3-4-8(5-10-7)9(11)6-12-2/h3-5,9,11H,6H2,1-2H3. The Morgan fingerprint density at radius 2 is 2.33 bits per heavy atom. The molecule has 0 bridgehead atoms. The second-order valence-corrected chi connectivity index (χ2v) is 3.61. The molecule has 66 valence electrons. The Labute approximate surface area is 77.0 Å². The second-order valence-electron chi connectivity index (χ2n) is 2.70. The minimum Gasteiger partial charge on any atom is -0.387 e. The lowest BCUT2D eigenvalue weighted by molar-refractivity contribution is 0.204. The van der Waals surface area contributed by atoms with Crippen molar-refractivity contribution in [2.24, 2.45) is 0 Å². The fourth-order valence-electron chi connectivity index (χ4n) is 0.930. The summed E-state index contributed by atoms with van der Waals surface area (Å²) in [6.45, 7) is 1.94. The molecule has 0 aliphatic rings. The Morgan fingerprint density at radius 1 is 1.58 bits per heavy atom. The zero-order chi connectivity index (χ0) is 8.97. The molecular weight excluding hydrogens is 170 g/mol. The Balaban J connectivity index is 2.68. The molecule has 1 unspecified atom stereocenters. The largest absolute Gasteiger partial charge is 0.387 e. The third-order valence-corrected chi connectivity index (χ3v) is 2.29. The van der Waals surface area contributed by atoms with Gasteiger partial charge in [0.2, 0.25) is 0 Å². The summed E-state index contributed by atoms with van der Waals surface area (Å²) in [6.07, 6.45) is 3.33. The van der Waals surface area contributed by atoms with Crippen LogP contribution in [0, 0.1) is 6.92 Å². The van der Waals surface area contributed by atoms with E-state index in [4.69, 9.17) is 0 Å². The Kier molecular flexibility index (Phi) is 3.56. The van der Waals surface area contributed by atoms with E-state index in [2.05, 4.69) is 4.98 Å². The molecule has 0 fully saturated rings. The van der Waals surface area contributed by atoms with Crippen molar-refractivity contribution in [3.05, 3.63) is 29.6 Å². The number of aromatic nitrogens is 1. The molecule has 0 radical (unpaired) electrons. The van der Waals surface area contributed by atoms with Crippen LogP contribution < -0.4 is 0 Å². The highest BCUT2D eigenvalue weighted by atomic mass is 32.2. The van der Waals surface area contributed by atoms with E-state index in [1.54, 1.807) is 18.0 Å². The van der Waals surface area contributed by atoms with E-state index in [1.165, 1.54) is 0 Å². The van der Waals surface area contributed by atoms with Gasteiger partial charge in [0, 0.05) is 17.6 Å². The molecule has 1 atom stereocenters. The van der Waals surface area contributed by atoms with Crippen molar-refractivity contribution in [1.82, 2.24) is 4.98 Å². The minimum atomic E-state index is -0.381. The number of aliphatic hydroxyl groups is 1. The van der Waals surface area contributed by atoms with Gasteiger partial charge in [-0.2, -0.15) is 11.8 Å². The number of aryl methyl sites for hydroxylation is 1. The summed E-state index contributed by atoms with van der Waals surface area (Å²) in [5, 5.41) is 9.55. The summed E-state index contributed by atoms with van der Waals surface area (Å²) in [7, 11) is 0. The van der Waals surface area contributed by atoms with Gasteiger partial charge in [0.05, 0.1) is 6.10 Å². The van der Waals surface area contributed by atoms with Crippen molar-refractivity contribution in [3.63, 3.8) is 0 Å². The highest BCUT2D eigenvalue weighted by Gasteiger charge is 2.05. The number of thioether (sulfide) groups is 1. The van der Waals surface area contributed by atoms with Crippen LogP contribution in [0.5, 0.6) is 0 Å². The van der Waals surface area contributed by atoms with Crippen LogP contribution in [-0.2, 0) is 0 Å². The minimum absolute atomic E-state index is 0.381. The normalized spacial score (nSPS) is 12.9. The molecule has 1 N–H and O–H groups in total. The van der Waals surface area contributed by atoms with Crippen molar-refractivity contribution >= 4 is 11.8 Å². The predicted octanol–water partition coefficient (Wildman–Crippen LogP) is 1.79. The molecule has 0 saturated carbocycles. The van der Waals surface area contributed by atoms with Crippen LogP contribution in [0.2, 0.25) is 0 Å². The first-order valence-electron chi connectivity index (χ1n) is 3.83. The quantitative estimate of drug-likeness (QED) is 0.775. The van der Waals surface area contributed by atoms with E-state index in [9.17, 15) is 5.11 Å². The summed E-state index contributed by atoms with van der Waals surface area (Å²) in [6, 6.07) is 3.84. The summed E-state index contributed by atoms with van der Waals surface area (Å²) in [5.74, 6) is 0.727. The van der Waals surface area contributed by atoms with E-state index >= 15 is 0 Å². The summed E-state index contributed by atoms with van der Waals surface area (Å²) in [4.78, 5) is 4.11. The highest BCUT2D eigenvalue weighted by Crippen LogP contribution is 2.15. The van der Waals surface area contributed by atoms with Gasteiger partial charge in [0.25, 0.3) is 0 Å². The van der Waals surface area contributed by atoms with Crippen LogP contribution in [0.3, 0.4) is 0 Å². The number of nitrogens with zero attached hydrogens (tertiary/aromatic N) is 1. The van der Waals surface area contributed by atoms with Crippen molar-refractivity contribution in [1.29, 1.82) is 0 Å². The van der Waals surface area contributed by atoms with Crippen molar-refractivity contribution < 1.29 is 5.11 Å². The van der Waals surface area contributed by atoms with E-state index in [0.29, 0.717) is 0 Å². The van der Waals surface area contributed by atoms with Gasteiger partial charge in [-0.25, -0.2) is 0 Å². The average Bonchev–Trinajstić information content (AvgIpc) is 2.06. The van der Waals surface area contributed by atoms with Gasteiger partial charge in [-0.05, 0) is 24.8 Å². The lowest BCUT2D eigenvalue weighted by atomic mass is 10.2. The van der Waals surface area contributed by atoms with Crippen LogP contribution in [0.15, 0.2) is 18.3 Å². The van der Waals surface area contributed by atoms with Crippen LogP contribution in [0.25, 0.3) is 0 Å². The van der Waals surface area contributed by atoms with E-state index in [-0.39, 0.29) is 6.10 Å². The number of rotatable bonds is 3. The maximum Gasteiger partial charge on any atom is 0.0895 e. The van der Waals surface area contributed by atoms with Crippen LogP contribution in [-0.4, -0.2) is 22.1 Å². The molecule has 0 saturated heterocycles. The average molecular weight is 183 g/mol. The molecule has 0 aliphatic carbocycles. The third kappa shape index (κ3) is 2.50. The highest BCUT2D eigenvalue weighted by molar-refractivity contribution is 7.98. The molecular formula is C9H13NOS. The van der Waals surface area contributed by atoms with Gasteiger partial charge in [-0.15, -0.1) is 0 Å². The van der Waals surface area contributed by atoms with Gasteiger partial charge in [-0.1, -0.05) is 6.07 Å². The fourth-order valence-corrected chi connectivity index (χ4v) is 1.44. The van der Waals surface area contributed by atoms with Crippen molar-refractivity contribution in [2.75, 3.05) is 12.0 Å². The lowest BCUT2D eigenvalue weighted by Gasteiger charge is -2.08. The fraction of sp³-hybridized carbons (Fsp3) is 0.444. The van der Waals surface area contributed by atoms with Crippen LogP contribution in [0.4, 0.5) is 0 Å². The van der Waals surface area contributed by atoms with Gasteiger partial charge < -0.3 is 5.11 Å². The van der Waals surface area contributed by atoms with Gasteiger partial charge in [0.15, 0.2) is 0 Å². The number of hydrogen-bond donors (Lipinski definition) is 1. The maximum atomic E-state index is 9.55. The van der Waals surface area contributed by atoms with Crippen LogP contribution in [0.1, 0.15) is 17.4 Å². The lowest BCUT2D eigenvalue weighted by Crippen LogP contribution is -2.00. The molecule has 0 aromatic carbocycles. The summed E-state index contributed by atoms with van der Waals surface area (Å²) >= 11 is 1.63. The third-order valence-electron chi connectivity index (χ3n) is 1.64. The first-order valence-corrected chi connectivity index (χ1v) is 5.23. The molecule has 1 heterocycles. The monoisotopic (exact) mass is 183 g/mol. The number of hydrogen-bond acceptors (Lipinski definition) is 3. The maximum absolute atomic E-state index is 9.55. The summed E-state index contributed by atoms with van der Waals surface area (Å²) < 4.78 is 0. The molecule has 0 amide bonds. The molecule has 0 spiro atoms. The van der Waals surface area contributed by atoms with Crippen LogP contribution >= 0.6 is 11.8 Å². The molecule has 1 aromatic heterocycles. The van der Waals surface area contributed by atoms with E-state index in [1.807, 2.05) is 25.3 Å². The molecule has 1 rings (SSSR count). The van der Waals surface area contributed by atoms with Crippen molar-refractivity contribution in [2.45, 2.75) is 13.0 Å². The Bertz CT molecular complexity index is 235. The Hall–Kier alpha value is -0.540. The van der Waals surface area contributed by atoms with Gasteiger partial charge in [-0.3, -0.25) is 4.98 Å². The first-order chi connectivity index (χ1) is 5.74. The smallest absolute Gasteiger partial charge is 0.0895 e. The SMILES string of the molecule is CSCC(O)c1ccc(C)nc1. The molecule has 3 heteroatoms. The Morgan fingerprint density at radius 3 is 2.83 bits per heavy atom. The molecule has 2 nitrogen and oxygen atoms in total. The number of pyridine rings is 1. The predicted molar refractivity (Wildman–Crippen MR) is 52.3 cm³/mol. The molecule has 1 aromatic rings. The second kappa shape index (κ2) is 4.48.